The predicted octanol–water partition coefficient (Wildman–Crippen LogP) is -0.359. The van der Waals surface area contributed by atoms with Gasteiger partial charge in [-0.15, -0.1) is 0 Å². The quantitative estimate of drug-likeness (QED) is 0.533. The van der Waals surface area contributed by atoms with E-state index in [1.54, 1.807) is 0 Å². The maximum absolute atomic E-state index is 0. The van der Waals surface area contributed by atoms with Gasteiger partial charge >= 0.3 is 57.0 Å². The first-order chi connectivity index (χ1) is 0. The molecule has 3 nitrogen and oxygen atoms in total. The first-order valence-electron chi connectivity index (χ1n) is 0. The molecule has 5 heavy (non-hydrogen) atoms. The molecule has 0 aliphatic carbocycles. The molecule has 0 heterocycles. The molecular weight excluding hydrogens is 261 g/mol. The van der Waals surface area contributed by atoms with Crippen molar-refractivity contribution in [3.05, 3.63) is 0 Å². The van der Waals surface area contributed by atoms with Gasteiger partial charge in [0.2, 0.25) is 0 Å². The maximum Gasteiger partial charge on any atom is 3.00 e. The first-order valence-corrected chi connectivity index (χ1v) is 0. The molecule has 0 atom stereocenters. The molecule has 0 saturated carbocycles. The van der Waals surface area contributed by atoms with E-state index in [1.165, 1.54) is 0 Å². The van der Waals surface area contributed by atoms with Crippen molar-refractivity contribution >= 4 is 0 Å². The second kappa shape index (κ2) is 43.0. The minimum Gasteiger partial charge on any atom is -2.00 e. The average Bonchev–Trinajstić information content (AvgIpc) is 0. The van der Waals surface area contributed by atoms with E-state index in [4.69, 9.17) is 0 Å². The molecule has 0 saturated heterocycles. The van der Waals surface area contributed by atoms with Gasteiger partial charge in [-0.25, -0.2) is 0 Å². The van der Waals surface area contributed by atoms with Crippen molar-refractivity contribution in [3.63, 3.8) is 0 Å². The fourth-order valence-electron chi connectivity index (χ4n) is 0. The molecule has 0 N–H and O–H groups in total. The van der Waals surface area contributed by atoms with Gasteiger partial charge in [-0.1, -0.05) is 0 Å². The van der Waals surface area contributed by atoms with Crippen LogP contribution in [0.25, 0.3) is 0 Å². The van der Waals surface area contributed by atoms with Crippen molar-refractivity contribution in [2.45, 2.75) is 0 Å². The van der Waals surface area contributed by atoms with E-state index in [9.17, 15) is 0 Å². The van der Waals surface area contributed by atoms with Gasteiger partial charge in [0, 0.05) is 0 Å². The zero-order valence-electron chi connectivity index (χ0n) is 1.93. The van der Waals surface area contributed by atoms with Crippen LogP contribution >= 0.6 is 0 Å². The summed E-state index contributed by atoms with van der Waals surface area (Å²) in [6, 6.07) is 0. The van der Waals surface area contributed by atoms with E-state index in [0.29, 0.717) is 0 Å². The van der Waals surface area contributed by atoms with Gasteiger partial charge in [-0.05, 0) is 0 Å². The monoisotopic (exact) mass is 262 g/mol. The van der Waals surface area contributed by atoms with Gasteiger partial charge in [0.15, 0.2) is 0 Å². The van der Waals surface area contributed by atoms with Gasteiger partial charge in [0.25, 0.3) is 0 Å². The fourth-order valence-corrected chi connectivity index (χ4v) is 0. The van der Waals surface area contributed by atoms with Gasteiger partial charge in [-0.3, -0.25) is 0 Å². The Kier molecular flexibility index (Phi) is 637. The van der Waals surface area contributed by atoms with Crippen LogP contribution < -0.4 is 0 Å². The molecule has 0 aromatic carbocycles. The van der Waals surface area contributed by atoms with Crippen LogP contribution in [-0.2, 0) is 33.5 Å². The van der Waals surface area contributed by atoms with Crippen molar-refractivity contribution in [2.24, 2.45) is 0 Å². The van der Waals surface area contributed by atoms with Crippen LogP contribution in [0.1, 0.15) is 0 Å². The third-order valence-corrected chi connectivity index (χ3v) is 0. The SMILES string of the molecule is [Fe+3].[Gd+3].[O-2].[O-2].[O-2]. The molecule has 0 aliphatic heterocycles. The van der Waals surface area contributed by atoms with Crippen LogP contribution in [0.2, 0.25) is 0 Å². The molecule has 0 fully saturated rings. The predicted molar refractivity (Wildman–Crippen MR) is 2.06 cm³/mol. The first kappa shape index (κ1) is 74.1. The topological polar surface area (TPSA) is 85.5 Å². The Morgan fingerprint density at radius 1 is 0.600 bits per heavy atom. The Bertz CT molecular complexity index is 6.85. The molecule has 0 unspecified atom stereocenters. The van der Waals surface area contributed by atoms with Gasteiger partial charge in [-0.2, -0.15) is 0 Å². The molecule has 5 heteroatoms. The Labute approximate surface area is 72.6 Å². The molecule has 0 aromatic rings. The average molecular weight is 261 g/mol. The zero-order chi connectivity index (χ0) is 0. The van der Waals surface area contributed by atoms with Crippen molar-refractivity contribution in [3.8, 4) is 0 Å². The summed E-state index contributed by atoms with van der Waals surface area (Å²) in [7, 11) is 0. The summed E-state index contributed by atoms with van der Waals surface area (Å²) in [6.07, 6.45) is 0. The Morgan fingerprint density at radius 3 is 0.600 bits per heavy atom. The van der Waals surface area contributed by atoms with Crippen LogP contribution in [0.3, 0.4) is 0 Å². The van der Waals surface area contributed by atoms with E-state index in [0.717, 1.165) is 0 Å². The number of hydrogen-bond donors (Lipinski definition) is 0. The molecule has 34 valence electrons. The summed E-state index contributed by atoms with van der Waals surface area (Å²) in [4.78, 5) is 0. The summed E-state index contributed by atoms with van der Waals surface area (Å²) in [5, 5.41) is 0. The van der Waals surface area contributed by atoms with E-state index in [1.807, 2.05) is 0 Å². The fraction of sp³-hybridized carbons (Fsp3) is 0. The number of rotatable bonds is 0. The second-order valence-corrected chi connectivity index (χ2v) is 0. The largest absolute Gasteiger partial charge is 3.00 e. The standard InChI is InChI=1S/Fe.Gd.3O/q2*+3;3*-2. The van der Waals surface area contributed by atoms with Crippen LogP contribution in [0, 0.1) is 39.9 Å². The van der Waals surface area contributed by atoms with Crippen LogP contribution in [0.4, 0.5) is 0 Å². The van der Waals surface area contributed by atoms with Crippen molar-refractivity contribution in [1.29, 1.82) is 0 Å². The summed E-state index contributed by atoms with van der Waals surface area (Å²) in [5.74, 6) is 0. The Hall–Kier alpha value is 1.72. The van der Waals surface area contributed by atoms with Gasteiger partial charge < -0.3 is 16.4 Å². The maximum atomic E-state index is 0. The van der Waals surface area contributed by atoms with Crippen LogP contribution in [0.5, 0.6) is 0 Å². The minimum atomic E-state index is 0. The van der Waals surface area contributed by atoms with Crippen LogP contribution in [0.15, 0.2) is 0 Å². The third kappa shape index (κ3) is 26.7. The molecule has 2 radical (unpaired) electrons. The molecule has 0 spiro atoms. The smallest absolute Gasteiger partial charge is 2.00 e. The number of hydrogen-bond acceptors (Lipinski definition) is 0. The normalized spacial score (nSPS) is 0. The van der Waals surface area contributed by atoms with Crippen LogP contribution in [-0.4, -0.2) is 0 Å². The van der Waals surface area contributed by atoms with E-state index in [-0.39, 0.29) is 73.4 Å². The second-order valence-electron chi connectivity index (χ2n) is 0. The van der Waals surface area contributed by atoms with Crippen molar-refractivity contribution in [2.75, 3.05) is 0 Å². The summed E-state index contributed by atoms with van der Waals surface area (Å²) in [5.41, 5.74) is 0. The Morgan fingerprint density at radius 2 is 0.600 bits per heavy atom. The molecule has 0 amide bonds. The van der Waals surface area contributed by atoms with E-state index in [2.05, 4.69) is 0 Å². The summed E-state index contributed by atoms with van der Waals surface area (Å²) < 4.78 is 0. The molecule has 0 aromatic heterocycles. The third-order valence-electron chi connectivity index (χ3n) is 0. The van der Waals surface area contributed by atoms with Crippen molar-refractivity contribution in [1.82, 2.24) is 0 Å². The zero-order valence-corrected chi connectivity index (χ0v) is 5.30. The molecule has 0 bridgehead atoms. The molecule has 0 rings (SSSR count). The Balaban J connectivity index is 0. The molecule has 0 aliphatic rings. The van der Waals surface area contributed by atoms with Gasteiger partial charge in [0.05, 0.1) is 0 Å². The van der Waals surface area contributed by atoms with E-state index >= 15 is 0 Å². The minimum absolute atomic E-state index is 0. The van der Waals surface area contributed by atoms with Crippen molar-refractivity contribution < 1.29 is 73.4 Å². The molecular formula is FeGdO3. The summed E-state index contributed by atoms with van der Waals surface area (Å²) >= 11 is 0. The van der Waals surface area contributed by atoms with E-state index < -0.39 is 0 Å². The van der Waals surface area contributed by atoms with Gasteiger partial charge in [0.1, 0.15) is 0 Å². The summed E-state index contributed by atoms with van der Waals surface area (Å²) in [6.45, 7) is 0.